The first kappa shape index (κ1) is 21.5. The largest absolute Gasteiger partial charge is 0.463 e. The lowest BCUT2D eigenvalue weighted by Gasteiger charge is -2.45. The highest BCUT2D eigenvalue weighted by atomic mass is 16.6. The second-order valence-electron chi connectivity index (χ2n) is 7.09. The summed E-state index contributed by atoms with van der Waals surface area (Å²) in [6, 6.07) is 9.62. The molecule has 2 heterocycles. The first-order valence-corrected chi connectivity index (χ1v) is 9.90. The molecule has 158 valence electrons. The van der Waals surface area contributed by atoms with Crippen LogP contribution in [0.15, 0.2) is 42.5 Å². The van der Waals surface area contributed by atoms with Gasteiger partial charge in [0.1, 0.15) is 31.0 Å². The van der Waals surface area contributed by atoms with Crippen molar-refractivity contribution in [2.45, 2.75) is 56.2 Å². The van der Waals surface area contributed by atoms with Crippen molar-refractivity contribution >= 4 is 11.9 Å². The fourth-order valence-corrected chi connectivity index (χ4v) is 3.72. The van der Waals surface area contributed by atoms with E-state index in [4.69, 9.17) is 23.7 Å². The summed E-state index contributed by atoms with van der Waals surface area (Å²) in [4.78, 5) is 24.5. The van der Waals surface area contributed by atoms with Gasteiger partial charge in [-0.2, -0.15) is 0 Å². The lowest BCUT2D eigenvalue weighted by Crippen LogP contribution is -2.58. The molecule has 2 aliphatic rings. The molecule has 2 aliphatic heterocycles. The molecule has 0 spiro atoms. The highest BCUT2D eigenvalue weighted by molar-refractivity contribution is 5.70. The van der Waals surface area contributed by atoms with E-state index in [1.807, 2.05) is 42.5 Å². The van der Waals surface area contributed by atoms with Crippen LogP contribution < -0.4 is 0 Å². The zero-order chi connectivity index (χ0) is 20.6. The predicted molar refractivity (Wildman–Crippen MR) is 104 cm³/mol. The maximum atomic E-state index is 12.4. The van der Waals surface area contributed by atoms with Crippen LogP contribution >= 0.6 is 0 Å². The molecular weight excluding hydrogens is 376 g/mol. The van der Waals surface area contributed by atoms with Gasteiger partial charge < -0.3 is 23.7 Å². The maximum absolute atomic E-state index is 12.4. The molecule has 29 heavy (non-hydrogen) atoms. The molecule has 0 bridgehead atoms. The van der Waals surface area contributed by atoms with Gasteiger partial charge in [-0.1, -0.05) is 42.5 Å². The fraction of sp³-hybridized carbons (Fsp3) is 0.545. The Morgan fingerprint density at radius 3 is 2.21 bits per heavy atom. The Bertz CT molecular complexity index is 702. The quantitative estimate of drug-likeness (QED) is 0.566. The summed E-state index contributed by atoms with van der Waals surface area (Å²) < 4.78 is 28.8. The molecule has 1 aromatic rings. The molecule has 0 aromatic heterocycles. The van der Waals surface area contributed by atoms with Gasteiger partial charge in [-0.25, -0.2) is 0 Å². The van der Waals surface area contributed by atoms with Crippen LogP contribution in [-0.2, 0) is 33.3 Å². The average molecular weight is 404 g/mol. The second-order valence-corrected chi connectivity index (χ2v) is 7.09. The topological polar surface area (TPSA) is 80.3 Å². The normalized spacial score (nSPS) is 32.6. The summed E-state index contributed by atoms with van der Waals surface area (Å²) in [6.45, 7) is -0.0277. The Hall–Kier alpha value is -2.22. The summed E-state index contributed by atoms with van der Waals surface area (Å²) in [5.74, 6) is -0.671. The smallest absolute Gasteiger partial charge is 0.306 e. The van der Waals surface area contributed by atoms with Gasteiger partial charge in [0.05, 0.1) is 0 Å². The van der Waals surface area contributed by atoms with Crippen LogP contribution in [0.25, 0.3) is 0 Å². The van der Waals surface area contributed by atoms with Crippen molar-refractivity contribution in [1.82, 2.24) is 0 Å². The van der Waals surface area contributed by atoms with Crippen molar-refractivity contribution in [3.05, 3.63) is 48.0 Å². The van der Waals surface area contributed by atoms with E-state index in [2.05, 4.69) is 0 Å². The number of allylic oxidation sites excluding steroid dienone is 2. The third kappa shape index (κ3) is 5.44. The van der Waals surface area contributed by atoms with E-state index in [1.54, 1.807) is 14.2 Å². The SMILES string of the molecule is CO[C@@H]1[C@@H](OC)[C@H](c2ccccc2)O[C@@H]2COC(=O)CC/C=C/CCC(=O)O[C@@H]12. The predicted octanol–water partition coefficient (Wildman–Crippen LogP) is 2.74. The summed E-state index contributed by atoms with van der Waals surface area (Å²) in [5.41, 5.74) is 0.907. The summed E-state index contributed by atoms with van der Waals surface area (Å²) in [6.07, 6.45) is 2.43. The van der Waals surface area contributed by atoms with Crippen molar-refractivity contribution in [2.24, 2.45) is 0 Å². The van der Waals surface area contributed by atoms with E-state index in [1.165, 1.54) is 0 Å². The standard InChI is InChI=1S/C22H28O7/c1-25-21-19(15-10-6-5-7-11-15)28-16-14-27-17(23)12-8-3-4-9-13-18(24)29-20(16)22(21)26-2/h3-7,10-11,16,19-22H,8-9,12-14H2,1-2H3/b4-3+/t16-,19+,20-,21+,22+/m1/s1. The summed E-state index contributed by atoms with van der Waals surface area (Å²) >= 11 is 0. The zero-order valence-corrected chi connectivity index (χ0v) is 16.8. The van der Waals surface area contributed by atoms with Crippen molar-refractivity contribution in [3.8, 4) is 0 Å². The Kier molecular flexibility index (Phi) is 7.80. The van der Waals surface area contributed by atoms with Gasteiger partial charge in [-0.05, 0) is 18.4 Å². The molecule has 0 amide bonds. The molecule has 0 N–H and O–H groups in total. The van der Waals surface area contributed by atoms with Crippen LogP contribution in [0.1, 0.15) is 37.4 Å². The molecule has 1 aromatic carbocycles. The molecule has 0 unspecified atom stereocenters. The molecule has 5 atom stereocenters. The van der Waals surface area contributed by atoms with E-state index in [0.29, 0.717) is 12.8 Å². The molecule has 0 aliphatic carbocycles. The molecule has 0 radical (unpaired) electrons. The first-order chi connectivity index (χ1) is 14.1. The second kappa shape index (κ2) is 10.5. The number of ether oxygens (including phenoxy) is 5. The number of benzene rings is 1. The molecular formula is C22H28O7. The minimum absolute atomic E-state index is 0.0277. The van der Waals surface area contributed by atoms with Crippen LogP contribution in [0.2, 0.25) is 0 Å². The molecule has 0 saturated carbocycles. The van der Waals surface area contributed by atoms with E-state index >= 15 is 0 Å². The maximum Gasteiger partial charge on any atom is 0.306 e. The van der Waals surface area contributed by atoms with Crippen LogP contribution in [0.4, 0.5) is 0 Å². The number of methoxy groups -OCH3 is 2. The zero-order valence-electron chi connectivity index (χ0n) is 16.8. The highest BCUT2D eigenvalue weighted by Crippen LogP contribution is 2.36. The minimum Gasteiger partial charge on any atom is -0.463 e. The molecule has 7 heteroatoms. The average Bonchev–Trinajstić information content (AvgIpc) is 2.75. The van der Waals surface area contributed by atoms with E-state index < -0.39 is 30.5 Å². The number of hydrogen-bond acceptors (Lipinski definition) is 7. The van der Waals surface area contributed by atoms with Crippen LogP contribution in [0, 0.1) is 0 Å². The highest BCUT2D eigenvalue weighted by Gasteiger charge is 2.49. The van der Waals surface area contributed by atoms with Crippen molar-refractivity contribution < 1.29 is 33.3 Å². The monoisotopic (exact) mass is 404 g/mol. The van der Waals surface area contributed by atoms with Gasteiger partial charge in [0.15, 0.2) is 6.10 Å². The van der Waals surface area contributed by atoms with Crippen LogP contribution in [0.3, 0.4) is 0 Å². The first-order valence-electron chi connectivity index (χ1n) is 9.90. The molecule has 1 saturated heterocycles. The van der Waals surface area contributed by atoms with E-state index in [-0.39, 0.29) is 31.4 Å². The van der Waals surface area contributed by atoms with Crippen LogP contribution in [-0.4, -0.2) is 57.2 Å². The number of rotatable bonds is 3. The Morgan fingerprint density at radius 1 is 0.897 bits per heavy atom. The van der Waals surface area contributed by atoms with Crippen molar-refractivity contribution in [2.75, 3.05) is 20.8 Å². The third-order valence-electron chi connectivity index (χ3n) is 5.18. The number of carbonyl (C=O) groups is 2. The van der Waals surface area contributed by atoms with Gasteiger partial charge in [0.25, 0.3) is 0 Å². The van der Waals surface area contributed by atoms with Crippen molar-refractivity contribution in [3.63, 3.8) is 0 Å². The molecule has 7 nitrogen and oxygen atoms in total. The summed E-state index contributed by atoms with van der Waals surface area (Å²) in [7, 11) is 3.12. The van der Waals surface area contributed by atoms with Gasteiger partial charge in [0.2, 0.25) is 0 Å². The lowest BCUT2D eigenvalue weighted by atomic mass is 9.90. The Labute approximate surface area is 170 Å². The Balaban J connectivity index is 1.89. The molecule has 3 rings (SSSR count). The third-order valence-corrected chi connectivity index (χ3v) is 5.18. The Morgan fingerprint density at radius 2 is 1.55 bits per heavy atom. The minimum atomic E-state index is -0.755. The fourth-order valence-electron chi connectivity index (χ4n) is 3.72. The number of fused-ring (bicyclic) bond motifs is 1. The van der Waals surface area contributed by atoms with Gasteiger partial charge in [0, 0.05) is 27.1 Å². The van der Waals surface area contributed by atoms with Crippen molar-refractivity contribution in [1.29, 1.82) is 0 Å². The van der Waals surface area contributed by atoms with Gasteiger partial charge in [-0.15, -0.1) is 0 Å². The lowest BCUT2D eigenvalue weighted by molar-refractivity contribution is -0.253. The van der Waals surface area contributed by atoms with E-state index in [0.717, 1.165) is 5.56 Å². The molecule has 1 fully saturated rings. The van der Waals surface area contributed by atoms with E-state index in [9.17, 15) is 9.59 Å². The van der Waals surface area contributed by atoms with Crippen LogP contribution in [0.5, 0.6) is 0 Å². The summed E-state index contributed by atoms with van der Waals surface area (Å²) in [5, 5.41) is 0. The number of cyclic esters (lactones) is 1. The van der Waals surface area contributed by atoms with Gasteiger partial charge in [-0.3, -0.25) is 9.59 Å². The number of hydrogen-bond donors (Lipinski definition) is 0. The number of esters is 2. The number of carbonyl (C=O) groups excluding carboxylic acids is 2. The van der Waals surface area contributed by atoms with Gasteiger partial charge >= 0.3 is 11.9 Å².